The highest BCUT2D eigenvalue weighted by Crippen LogP contribution is 2.25. The fourth-order valence-corrected chi connectivity index (χ4v) is 1.41. The lowest BCUT2D eigenvalue weighted by atomic mass is 9.99. The molecular formula is C14H17NO. The molecule has 0 saturated heterocycles. The minimum Gasteiger partial charge on any atom is -0.490 e. The van der Waals surface area contributed by atoms with Gasteiger partial charge >= 0.3 is 0 Å². The van der Waals surface area contributed by atoms with Gasteiger partial charge in [0, 0.05) is 0 Å². The molecule has 84 valence electrons. The third-order valence-corrected chi connectivity index (χ3v) is 2.37. The monoisotopic (exact) mass is 215 g/mol. The Morgan fingerprint density at radius 2 is 2.06 bits per heavy atom. The van der Waals surface area contributed by atoms with Crippen molar-refractivity contribution in [3.8, 4) is 11.8 Å². The van der Waals surface area contributed by atoms with Crippen molar-refractivity contribution in [1.82, 2.24) is 0 Å². The van der Waals surface area contributed by atoms with Gasteiger partial charge in [0.05, 0.1) is 11.7 Å². The first kappa shape index (κ1) is 12.3. The average Bonchev–Trinajstić information content (AvgIpc) is 2.27. The summed E-state index contributed by atoms with van der Waals surface area (Å²) in [5.41, 5.74) is 1.67. The van der Waals surface area contributed by atoms with Crippen LogP contribution in [0.4, 0.5) is 0 Å². The molecule has 0 bridgehead atoms. The molecule has 2 heteroatoms. The zero-order valence-electron chi connectivity index (χ0n) is 10.0. The summed E-state index contributed by atoms with van der Waals surface area (Å²) in [6, 6.07) is 7.86. The summed E-state index contributed by atoms with van der Waals surface area (Å²) in [4.78, 5) is 0. The van der Waals surface area contributed by atoms with Crippen LogP contribution in [0.15, 0.2) is 30.9 Å². The number of ether oxygens (including phenoxy) is 1. The Kier molecular flexibility index (Phi) is 4.13. The lowest BCUT2D eigenvalue weighted by Crippen LogP contribution is -2.07. The summed E-state index contributed by atoms with van der Waals surface area (Å²) in [6.07, 6.45) is 1.94. The highest BCUT2D eigenvalue weighted by Gasteiger charge is 2.08. The van der Waals surface area contributed by atoms with Gasteiger partial charge in [0.15, 0.2) is 0 Å². The van der Waals surface area contributed by atoms with Crippen molar-refractivity contribution < 1.29 is 4.74 Å². The Hall–Kier alpha value is -1.75. The van der Waals surface area contributed by atoms with Gasteiger partial charge in [0.1, 0.15) is 11.8 Å². The SMILES string of the molecule is C=CC(C)c1ccc(OC(C)C)c(C#N)c1. The van der Waals surface area contributed by atoms with Crippen LogP contribution in [0.1, 0.15) is 37.8 Å². The zero-order chi connectivity index (χ0) is 12.1. The molecule has 1 aromatic rings. The van der Waals surface area contributed by atoms with E-state index in [-0.39, 0.29) is 12.0 Å². The third kappa shape index (κ3) is 2.87. The molecule has 0 radical (unpaired) electrons. The van der Waals surface area contributed by atoms with E-state index in [2.05, 4.69) is 12.6 Å². The molecule has 0 aromatic heterocycles. The van der Waals surface area contributed by atoms with E-state index in [9.17, 15) is 0 Å². The number of nitrogens with zero attached hydrogens (tertiary/aromatic N) is 1. The predicted octanol–water partition coefficient (Wildman–Crippen LogP) is 3.63. The van der Waals surface area contributed by atoms with Crippen LogP contribution in [0.2, 0.25) is 0 Å². The summed E-state index contributed by atoms with van der Waals surface area (Å²) in [5, 5.41) is 9.05. The Balaban J connectivity index is 3.07. The molecule has 1 unspecified atom stereocenters. The molecule has 0 aliphatic carbocycles. The van der Waals surface area contributed by atoms with Gasteiger partial charge in [-0.05, 0) is 37.5 Å². The molecule has 0 N–H and O–H groups in total. The zero-order valence-corrected chi connectivity index (χ0v) is 10.0. The van der Waals surface area contributed by atoms with Gasteiger partial charge in [-0.1, -0.05) is 19.1 Å². The normalized spacial score (nSPS) is 11.9. The van der Waals surface area contributed by atoms with Crippen LogP contribution in [-0.4, -0.2) is 6.10 Å². The lowest BCUT2D eigenvalue weighted by molar-refractivity contribution is 0.241. The van der Waals surface area contributed by atoms with Crippen LogP contribution in [0.5, 0.6) is 5.75 Å². The second-order valence-electron chi connectivity index (χ2n) is 4.06. The van der Waals surface area contributed by atoms with Gasteiger partial charge in [0.25, 0.3) is 0 Å². The molecular weight excluding hydrogens is 198 g/mol. The first-order valence-electron chi connectivity index (χ1n) is 5.41. The Morgan fingerprint density at radius 3 is 2.56 bits per heavy atom. The quantitative estimate of drug-likeness (QED) is 0.718. The Morgan fingerprint density at radius 1 is 1.38 bits per heavy atom. The molecule has 2 nitrogen and oxygen atoms in total. The van der Waals surface area contributed by atoms with E-state index >= 15 is 0 Å². The summed E-state index contributed by atoms with van der Waals surface area (Å²) >= 11 is 0. The third-order valence-electron chi connectivity index (χ3n) is 2.37. The number of hydrogen-bond donors (Lipinski definition) is 0. The van der Waals surface area contributed by atoms with Crippen LogP contribution >= 0.6 is 0 Å². The van der Waals surface area contributed by atoms with Crippen molar-refractivity contribution in [3.63, 3.8) is 0 Å². The molecule has 1 atom stereocenters. The summed E-state index contributed by atoms with van der Waals surface area (Å²) in [5.74, 6) is 0.901. The molecule has 0 amide bonds. The Labute approximate surface area is 97.2 Å². The second kappa shape index (κ2) is 5.37. The molecule has 0 heterocycles. The number of benzene rings is 1. The van der Waals surface area contributed by atoms with Gasteiger partial charge < -0.3 is 4.74 Å². The first-order chi connectivity index (χ1) is 7.58. The van der Waals surface area contributed by atoms with Crippen LogP contribution in [0, 0.1) is 11.3 Å². The fourth-order valence-electron chi connectivity index (χ4n) is 1.41. The maximum Gasteiger partial charge on any atom is 0.137 e. The predicted molar refractivity (Wildman–Crippen MR) is 65.5 cm³/mol. The van der Waals surface area contributed by atoms with Crippen molar-refractivity contribution in [2.24, 2.45) is 0 Å². The van der Waals surface area contributed by atoms with E-state index < -0.39 is 0 Å². The summed E-state index contributed by atoms with van der Waals surface area (Å²) < 4.78 is 5.56. The van der Waals surface area contributed by atoms with Gasteiger partial charge in [-0.3, -0.25) is 0 Å². The minimum atomic E-state index is 0.0785. The fraction of sp³-hybridized carbons (Fsp3) is 0.357. The largest absolute Gasteiger partial charge is 0.490 e. The maximum absolute atomic E-state index is 9.05. The van der Waals surface area contributed by atoms with Crippen LogP contribution in [0.25, 0.3) is 0 Å². The highest BCUT2D eigenvalue weighted by atomic mass is 16.5. The van der Waals surface area contributed by atoms with Crippen molar-refractivity contribution in [2.45, 2.75) is 32.8 Å². The second-order valence-corrected chi connectivity index (χ2v) is 4.06. The number of nitriles is 1. The van der Waals surface area contributed by atoms with Crippen molar-refractivity contribution >= 4 is 0 Å². The summed E-state index contributed by atoms with van der Waals surface area (Å²) in [7, 11) is 0. The lowest BCUT2D eigenvalue weighted by Gasteiger charge is -2.13. The molecule has 0 aliphatic rings. The number of allylic oxidation sites excluding steroid dienone is 1. The van der Waals surface area contributed by atoms with E-state index in [1.54, 1.807) is 0 Å². The smallest absolute Gasteiger partial charge is 0.137 e. The van der Waals surface area contributed by atoms with Crippen LogP contribution in [0.3, 0.4) is 0 Å². The van der Waals surface area contributed by atoms with Gasteiger partial charge in [0.2, 0.25) is 0 Å². The average molecular weight is 215 g/mol. The van der Waals surface area contributed by atoms with E-state index in [0.717, 1.165) is 5.56 Å². The van der Waals surface area contributed by atoms with Gasteiger partial charge in [-0.2, -0.15) is 5.26 Å². The summed E-state index contributed by atoms with van der Waals surface area (Å²) in [6.45, 7) is 9.69. The molecule has 1 rings (SSSR count). The molecule has 0 fully saturated rings. The molecule has 1 aromatic carbocycles. The molecule has 0 saturated carbocycles. The topological polar surface area (TPSA) is 33.0 Å². The molecule has 16 heavy (non-hydrogen) atoms. The molecule has 0 aliphatic heterocycles. The van der Waals surface area contributed by atoms with E-state index in [0.29, 0.717) is 11.3 Å². The van der Waals surface area contributed by atoms with Gasteiger partial charge in [-0.15, -0.1) is 6.58 Å². The van der Waals surface area contributed by atoms with Crippen molar-refractivity contribution in [2.75, 3.05) is 0 Å². The van der Waals surface area contributed by atoms with Crippen molar-refractivity contribution in [3.05, 3.63) is 42.0 Å². The Bertz CT molecular complexity index is 415. The maximum atomic E-state index is 9.05. The van der Waals surface area contributed by atoms with E-state index in [1.165, 1.54) is 0 Å². The van der Waals surface area contributed by atoms with E-state index in [1.807, 2.05) is 45.0 Å². The highest BCUT2D eigenvalue weighted by molar-refractivity contribution is 5.46. The first-order valence-corrected chi connectivity index (χ1v) is 5.41. The molecule has 0 spiro atoms. The van der Waals surface area contributed by atoms with Crippen LogP contribution < -0.4 is 4.74 Å². The minimum absolute atomic E-state index is 0.0785. The van der Waals surface area contributed by atoms with Gasteiger partial charge in [-0.25, -0.2) is 0 Å². The van der Waals surface area contributed by atoms with Crippen LogP contribution in [-0.2, 0) is 0 Å². The van der Waals surface area contributed by atoms with Crippen molar-refractivity contribution in [1.29, 1.82) is 5.26 Å². The van der Waals surface area contributed by atoms with E-state index in [4.69, 9.17) is 10.00 Å². The number of rotatable bonds is 4. The number of hydrogen-bond acceptors (Lipinski definition) is 2. The standard InChI is InChI=1S/C14H17NO/c1-5-11(4)12-6-7-14(16-10(2)3)13(8-12)9-15/h5-8,10-11H,1H2,2-4H3.